The Kier molecular flexibility index (Phi) is 3.53. The quantitative estimate of drug-likeness (QED) is 0.870. The molecule has 1 unspecified atom stereocenters. The molecule has 1 aliphatic carbocycles. The van der Waals surface area contributed by atoms with Crippen molar-refractivity contribution in [2.75, 3.05) is 0 Å². The van der Waals surface area contributed by atoms with Crippen molar-refractivity contribution in [3.8, 4) is 6.07 Å². The summed E-state index contributed by atoms with van der Waals surface area (Å²) in [7, 11) is 0. The molecule has 1 atom stereocenters. The molecule has 0 spiro atoms. The normalized spacial score (nSPS) is 20.6. The number of aliphatic hydroxyl groups is 1. The van der Waals surface area contributed by atoms with E-state index in [2.05, 4.69) is 32.9 Å². The van der Waals surface area contributed by atoms with Gasteiger partial charge in [-0.2, -0.15) is 5.26 Å². The average molecular weight is 263 g/mol. The van der Waals surface area contributed by atoms with E-state index in [0.717, 1.165) is 30.6 Å². The number of nitrogens with zero attached hydrogens (tertiary/aromatic N) is 1. The van der Waals surface area contributed by atoms with Crippen LogP contribution >= 0.6 is 11.3 Å². The second-order valence-corrected chi connectivity index (χ2v) is 7.44. The van der Waals surface area contributed by atoms with Crippen molar-refractivity contribution in [1.82, 2.24) is 0 Å². The fraction of sp³-hybridized carbons (Fsp3) is 0.667. The van der Waals surface area contributed by atoms with Gasteiger partial charge in [0.1, 0.15) is 6.10 Å². The highest BCUT2D eigenvalue weighted by Gasteiger charge is 2.42. The first-order valence-corrected chi connectivity index (χ1v) is 7.40. The number of hydrogen-bond acceptors (Lipinski definition) is 3. The predicted molar refractivity (Wildman–Crippen MR) is 74.5 cm³/mol. The fourth-order valence-electron chi connectivity index (χ4n) is 2.63. The third-order valence-electron chi connectivity index (χ3n) is 3.88. The molecular formula is C15H21NOS. The van der Waals surface area contributed by atoms with Gasteiger partial charge in [-0.25, -0.2) is 0 Å². The fourth-order valence-corrected chi connectivity index (χ4v) is 3.80. The third kappa shape index (κ3) is 2.32. The summed E-state index contributed by atoms with van der Waals surface area (Å²) >= 11 is 1.65. The molecule has 1 aliphatic rings. The van der Waals surface area contributed by atoms with Gasteiger partial charge in [0.15, 0.2) is 0 Å². The zero-order valence-electron chi connectivity index (χ0n) is 11.4. The van der Waals surface area contributed by atoms with E-state index >= 15 is 0 Å². The van der Waals surface area contributed by atoms with Gasteiger partial charge in [0.25, 0.3) is 0 Å². The van der Waals surface area contributed by atoms with Crippen molar-refractivity contribution in [2.45, 2.75) is 58.0 Å². The van der Waals surface area contributed by atoms with Gasteiger partial charge in [-0.15, -0.1) is 11.3 Å². The number of hydrogen-bond donors (Lipinski definition) is 1. The lowest BCUT2D eigenvalue weighted by atomic mass is 9.81. The highest BCUT2D eigenvalue weighted by Crippen LogP contribution is 2.49. The molecule has 0 bridgehead atoms. The van der Waals surface area contributed by atoms with E-state index in [4.69, 9.17) is 0 Å². The van der Waals surface area contributed by atoms with Crippen LogP contribution in [0.15, 0.2) is 12.1 Å². The smallest absolute Gasteiger partial charge is 0.107 e. The van der Waals surface area contributed by atoms with Crippen LogP contribution in [0.4, 0.5) is 0 Å². The summed E-state index contributed by atoms with van der Waals surface area (Å²) in [5.41, 5.74) is -0.432. The van der Waals surface area contributed by atoms with E-state index < -0.39 is 11.5 Å². The Morgan fingerprint density at radius 2 is 1.94 bits per heavy atom. The molecule has 1 aromatic heterocycles. The van der Waals surface area contributed by atoms with E-state index in [9.17, 15) is 10.4 Å². The Bertz CT molecular complexity index is 458. The van der Waals surface area contributed by atoms with Crippen molar-refractivity contribution >= 4 is 11.3 Å². The molecule has 1 N–H and O–H groups in total. The summed E-state index contributed by atoms with van der Waals surface area (Å²) in [6.07, 6.45) is 3.15. The molecule has 0 amide bonds. The first kappa shape index (κ1) is 13.6. The van der Waals surface area contributed by atoms with Crippen LogP contribution in [0.3, 0.4) is 0 Å². The highest BCUT2D eigenvalue weighted by atomic mass is 32.1. The van der Waals surface area contributed by atoms with Crippen molar-refractivity contribution in [3.05, 3.63) is 21.9 Å². The highest BCUT2D eigenvalue weighted by molar-refractivity contribution is 7.12. The van der Waals surface area contributed by atoms with Crippen molar-refractivity contribution < 1.29 is 5.11 Å². The van der Waals surface area contributed by atoms with Crippen molar-refractivity contribution in [1.29, 1.82) is 5.26 Å². The molecule has 1 fully saturated rings. The zero-order chi connectivity index (χ0) is 13.4. The molecule has 18 heavy (non-hydrogen) atoms. The van der Waals surface area contributed by atoms with Gasteiger partial charge in [0, 0.05) is 9.75 Å². The number of thiophene rings is 1. The summed E-state index contributed by atoms with van der Waals surface area (Å²) in [4.78, 5) is 2.21. The summed E-state index contributed by atoms with van der Waals surface area (Å²) < 4.78 is 0. The predicted octanol–water partition coefficient (Wildman–Crippen LogP) is 4.16. The molecule has 0 radical (unpaired) electrons. The maximum Gasteiger partial charge on any atom is 0.107 e. The van der Waals surface area contributed by atoms with Gasteiger partial charge in [0.05, 0.1) is 11.5 Å². The van der Waals surface area contributed by atoms with Gasteiger partial charge >= 0.3 is 0 Å². The second kappa shape index (κ2) is 4.68. The summed E-state index contributed by atoms with van der Waals surface area (Å²) in [6, 6.07) is 6.46. The Hall–Kier alpha value is -0.850. The van der Waals surface area contributed by atoms with Crippen molar-refractivity contribution in [2.24, 2.45) is 5.41 Å². The first-order valence-electron chi connectivity index (χ1n) is 6.59. The molecule has 1 aromatic rings. The Labute approximate surface area is 113 Å². The standard InChI is InChI=1S/C15H21NOS/c1-14(2,3)12-7-6-11(18-12)13(17)15(10-16)8-4-5-9-15/h6-7,13,17H,4-5,8-9H2,1-3H3. The monoisotopic (exact) mass is 263 g/mol. The molecular weight excluding hydrogens is 242 g/mol. The lowest BCUT2D eigenvalue weighted by molar-refractivity contribution is 0.0702. The molecule has 0 saturated heterocycles. The van der Waals surface area contributed by atoms with Gasteiger partial charge in [-0.3, -0.25) is 0 Å². The summed E-state index contributed by atoms with van der Waals surface area (Å²) in [5, 5.41) is 19.9. The second-order valence-electron chi connectivity index (χ2n) is 6.33. The minimum absolute atomic E-state index is 0.109. The molecule has 0 aliphatic heterocycles. The maximum atomic E-state index is 10.5. The number of rotatable bonds is 2. The number of nitriles is 1. The minimum atomic E-state index is -0.619. The molecule has 0 aromatic carbocycles. The molecule has 3 heteroatoms. The third-order valence-corrected chi connectivity index (χ3v) is 5.44. The Morgan fingerprint density at radius 3 is 2.39 bits per heavy atom. The van der Waals surface area contributed by atoms with Crippen molar-refractivity contribution in [3.63, 3.8) is 0 Å². The average Bonchev–Trinajstić information content (AvgIpc) is 2.97. The van der Waals surface area contributed by atoms with E-state index in [1.54, 1.807) is 11.3 Å². The molecule has 1 saturated carbocycles. The largest absolute Gasteiger partial charge is 0.386 e. The van der Waals surface area contributed by atoms with Gasteiger partial charge in [0.2, 0.25) is 0 Å². The molecule has 98 valence electrons. The van der Waals surface area contributed by atoms with Crippen LogP contribution in [-0.2, 0) is 5.41 Å². The van der Waals surface area contributed by atoms with Gasteiger partial charge < -0.3 is 5.11 Å². The van der Waals surface area contributed by atoms with Crippen LogP contribution in [0.25, 0.3) is 0 Å². The van der Waals surface area contributed by atoms with E-state index in [1.165, 1.54) is 4.88 Å². The van der Waals surface area contributed by atoms with Crippen LogP contribution in [0.1, 0.15) is 62.3 Å². The molecule has 2 nitrogen and oxygen atoms in total. The Balaban J connectivity index is 2.27. The number of aliphatic hydroxyl groups excluding tert-OH is 1. The van der Waals surface area contributed by atoms with E-state index in [0.29, 0.717) is 0 Å². The van der Waals surface area contributed by atoms with Gasteiger partial charge in [-0.1, -0.05) is 33.6 Å². The van der Waals surface area contributed by atoms with Crippen LogP contribution in [0.2, 0.25) is 0 Å². The first-order chi connectivity index (χ1) is 8.39. The molecule has 1 heterocycles. The lowest BCUT2D eigenvalue weighted by Crippen LogP contribution is -2.23. The summed E-state index contributed by atoms with van der Waals surface area (Å²) in [6.45, 7) is 6.51. The zero-order valence-corrected chi connectivity index (χ0v) is 12.2. The van der Waals surface area contributed by atoms with E-state index in [-0.39, 0.29) is 5.41 Å². The SMILES string of the molecule is CC(C)(C)c1ccc(C(O)C2(C#N)CCCC2)s1. The Morgan fingerprint density at radius 1 is 1.33 bits per heavy atom. The van der Waals surface area contributed by atoms with Crippen LogP contribution < -0.4 is 0 Å². The van der Waals surface area contributed by atoms with Crippen LogP contribution in [-0.4, -0.2) is 5.11 Å². The van der Waals surface area contributed by atoms with Gasteiger partial charge in [-0.05, 0) is 30.4 Å². The van der Waals surface area contributed by atoms with Crippen LogP contribution in [0, 0.1) is 16.7 Å². The minimum Gasteiger partial charge on any atom is -0.386 e. The molecule has 2 rings (SSSR count). The topological polar surface area (TPSA) is 44.0 Å². The van der Waals surface area contributed by atoms with Crippen LogP contribution in [0.5, 0.6) is 0 Å². The maximum absolute atomic E-state index is 10.5. The summed E-state index contributed by atoms with van der Waals surface area (Å²) in [5.74, 6) is 0. The lowest BCUT2D eigenvalue weighted by Gasteiger charge is -2.26. The van der Waals surface area contributed by atoms with E-state index in [1.807, 2.05) is 6.07 Å².